The second kappa shape index (κ2) is 4.17. The molecule has 6 heteroatoms. The van der Waals surface area contributed by atoms with Crippen molar-refractivity contribution in [3.63, 3.8) is 0 Å². The molecule has 6 nitrogen and oxygen atoms in total. The molecule has 86 valence electrons. The third-order valence-electron chi connectivity index (χ3n) is 2.38. The number of imide groups is 1. The number of amides is 2. The smallest absolute Gasteiger partial charge is 0.285 e. The minimum absolute atomic E-state index is 0.0915. The highest BCUT2D eigenvalue weighted by Crippen LogP contribution is 2.24. The molecule has 2 amide bonds. The molecule has 1 aromatic carbocycles. The van der Waals surface area contributed by atoms with Gasteiger partial charge in [0.15, 0.2) is 0 Å². The summed E-state index contributed by atoms with van der Waals surface area (Å²) >= 11 is 0. The van der Waals surface area contributed by atoms with Gasteiger partial charge in [0.25, 0.3) is 11.6 Å². The van der Waals surface area contributed by atoms with Gasteiger partial charge in [0.1, 0.15) is 5.57 Å². The first kappa shape index (κ1) is 11.0. The first-order valence-electron chi connectivity index (χ1n) is 4.86. The normalized spacial score (nSPS) is 17.9. The molecule has 1 aromatic rings. The minimum Gasteiger partial charge on any atom is -0.292 e. The lowest BCUT2D eigenvalue weighted by molar-refractivity contribution is -0.376. The zero-order valence-electron chi connectivity index (χ0n) is 8.67. The minimum atomic E-state index is -0.689. The second-order valence-electron chi connectivity index (χ2n) is 3.50. The molecule has 0 unspecified atom stereocenters. The molecule has 0 saturated carbocycles. The first-order valence-corrected chi connectivity index (χ1v) is 4.86. The van der Waals surface area contributed by atoms with Gasteiger partial charge in [0.2, 0.25) is 5.91 Å². The average molecular weight is 232 g/mol. The number of nitrogens with one attached hydrogen (secondary N) is 1. The van der Waals surface area contributed by atoms with Crippen LogP contribution in [0.4, 0.5) is 0 Å². The average Bonchev–Trinajstić information content (AvgIpc) is 2.59. The molecule has 0 radical (unpaired) electrons. The Morgan fingerprint density at radius 2 is 1.88 bits per heavy atom. The van der Waals surface area contributed by atoms with Crippen LogP contribution in [0, 0.1) is 10.1 Å². The van der Waals surface area contributed by atoms with Gasteiger partial charge in [-0.2, -0.15) is 0 Å². The fourth-order valence-corrected chi connectivity index (χ4v) is 1.66. The molecule has 0 aliphatic carbocycles. The van der Waals surface area contributed by atoms with E-state index in [2.05, 4.69) is 0 Å². The van der Waals surface area contributed by atoms with Crippen molar-refractivity contribution < 1.29 is 14.5 Å². The zero-order chi connectivity index (χ0) is 12.4. The maximum Gasteiger partial charge on any atom is 0.285 e. The lowest BCUT2D eigenvalue weighted by Gasteiger charge is -2.00. The number of carbonyl (C=O) groups excluding carboxylic acids is 2. The standard InChI is InChI=1S/C11H8N2O4/c14-9-6-8(11(15)12-9)10(13(16)17)7-4-2-1-3-5-7/h1-5H,6H2,(H,12,14,15). The van der Waals surface area contributed by atoms with E-state index in [1.807, 2.05) is 5.32 Å². The molecule has 1 N–H and O–H groups in total. The third kappa shape index (κ3) is 2.05. The number of nitro groups is 1. The molecule has 1 aliphatic rings. The Balaban J connectivity index is 2.57. The van der Waals surface area contributed by atoms with Gasteiger partial charge in [-0.05, 0) is 12.1 Å². The molecule has 1 fully saturated rings. The summed E-state index contributed by atoms with van der Waals surface area (Å²) in [5.41, 5.74) is -0.0856. The summed E-state index contributed by atoms with van der Waals surface area (Å²) in [5, 5.41) is 13.0. The van der Waals surface area contributed by atoms with Gasteiger partial charge in [0.05, 0.1) is 16.9 Å². The van der Waals surface area contributed by atoms with Gasteiger partial charge in [0, 0.05) is 0 Å². The van der Waals surface area contributed by atoms with Crippen molar-refractivity contribution in [2.75, 3.05) is 0 Å². The molecular formula is C11H8N2O4. The van der Waals surface area contributed by atoms with Gasteiger partial charge in [-0.1, -0.05) is 18.2 Å². The number of nitrogens with zero attached hydrogens (tertiary/aromatic N) is 1. The Morgan fingerprint density at radius 1 is 1.24 bits per heavy atom. The molecular weight excluding hydrogens is 224 g/mol. The summed E-state index contributed by atoms with van der Waals surface area (Å²) in [6.45, 7) is 0. The highest BCUT2D eigenvalue weighted by Gasteiger charge is 2.33. The Kier molecular flexibility index (Phi) is 2.70. The molecule has 0 spiro atoms. The summed E-state index contributed by atoms with van der Waals surface area (Å²) in [5.74, 6) is -1.20. The van der Waals surface area contributed by atoms with Crippen LogP contribution in [0.1, 0.15) is 12.0 Å². The summed E-state index contributed by atoms with van der Waals surface area (Å²) < 4.78 is 0. The Labute approximate surface area is 96.1 Å². The fourth-order valence-electron chi connectivity index (χ4n) is 1.66. The topological polar surface area (TPSA) is 89.3 Å². The van der Waals surface area contributed by atoms with Gasteiger partial charge in [-0.25, -0.2) is 0 Å². The van der Waals surface area contributed by atoms with E-state index < -0.39 is 16.7 Å². The van der Waals surface area contributed by atoms with Crippen LogP contribution < -0.4 is 5.32 Å². The first-order chi connectivity index (χ1) is 8.09. The molecule has 0 aromatic heterocycles. The number of carbonyl (C=O) groups is 2. The fraction of sp³-hybridized carbons (Fsp3) is 0.0909. The largest absolute Gasteiger partial charge is 0.292 e. The lowest BCUT2D eigenvalue weighted by atomic mass is 10.1. The molecule has 17 heavy (non-hydrogen) atoms. The van der Waals surface area contributed by atoms with Crippen molar-refractivity contribution in [1.29, 1.82) is 0 Å². The van der Waals surface area contributed by atoms with E-state index in [4.69, 9.17) is 0 Å². The quantitative estimate of drug-likeness (QED) is 0.352. The van der Waals surface area contributed by atoms with Crippen LogP contribution in [-0.4, -0.2) is 16.7 Å². The van der Waals surface area contributed by atoms with Gasteiger partial charge >= 0.3 is 0 Å². The van der Waals surface area contributed by atoms with Crippen molar-refractivity contribution in [2.45, 2.75) is 6.42 Å². The van der Waals surface area contributed by atoms with Crippen molar-refractivity contribution in [2.24, 2.45) is 0 Å². The van der Waals surface area contributed by atoms with Crippen LogP contribution in [0.15, 0.2) is 35.9 Å². The van der Waals surface area contributed by atoms with E-state index in [-0.39, 0.29) is 17.7 Å². The van der Waals surface area contributed by atoms with Crippen LogP contribution in [0.25, 0.3) is 5.70 Å². The summed E-state index contributed by atoms with van der Waals surface area (Å²) in [6, 6.07) is 8.04. The van der Waals surface area contributed by atoms with Gasteiger partial charge in [-0.3, -0.25) is 25.0 Å². The zero-order valence-corrected chi connectivity index (χ0v) is 8.67. The van der Waals surface area contributed by atoms with E-state index in [0.29, 0.717) is 5.56 Å². The number of hydrogen-bond acceptors (Lipinski definition) is 4. The summed E-state index contributed by atoms with van der Waals surface area (Å²) in [4.78, 5) is 32.8. The lowest BCUT2D eigenvalue weighted by Crippen LogP contribution is -2.20. The molecule has 0 bridgehead atoms. The molecule has 2 rings (SSSR count). The predicted octanol–water partition coefficient (Wildman–Crippen LogP) is 0.721. The maximum absolute atomic E-state index is 11.4. The monoisotopic (exact) mass is 232 g/mol. The van der Waals surface area contributed by atoms with Crippen molar-refractivity contribution in [1.82, 2.24) is 5.32 Å². The van der Waals surface area contributed by atoms with E-state index in [0.717, 1.165) is 0 Å². The molecule has 1 aliphatic heterocycles. The molecule has 1 heterocycles. The highest BCUT2D eigenvalue weighted by atomic mass is 16.6. The maximum atomic E-state index is 11.4. The third-order valence-corrected chi connectivity index (χ3v) is 2.38. The Morgan fingerprint density at radius 3 is 2.35 bits per heavy atom. The van der Waals surface area contributed by atoms with E-state index in [1.165, 1.54) is 12.1 Å². The van der Waals surface area contributed by atoms with Crippen LogP contribution in [0.5, 0.6) is 0 Å². The van der Waals surface area contributed by atoms with Gasteiger partial charge < -0.3 is 0 Å². The van der Waals surface area contributed by atoms with Crippen molar-refractivity contribution >= 4 is 17.5 Å². The van der Waals surface area contributed by atoms with Crippen LogP contribution >= 0.6 is 0 Å². The van der Waals surface area contributed by atoms with Crippen molar-refractivity contribution in [3.8, 4) is 0 Å². The Bertz CT molecular complexity index is 534. The summed E-state index contributed by atoms with van der Waals surface area (Å²) in [6.07, 6.45) is -0.246. The van der Waals surface area contributed by atoms with E-state index in [1.54, 1.807) is 18.2 Å². The predicted molar refractivity (Wildman–Crippen MR) is 58.1 cm³/mol. The van der Waals surface area contributed by atoms with Crippen LogP contribution in [0.3, 0.4) is 0 Å². The van der Waals surface area contributed by atoms with Crippen LogP contribution in [-0.2, 0) is 9.59 Å². The second-order valence-corrected chi connectivity index (χ2v) is 3.50. The van der Waals surface area contributed by atoms with E-state index in [9.17, 15) is 19.7 Å². The molecule has 0 atom stereocenters. The Hall–Kier alpha value is -2.50. The number of benzene rings is 1. The summed E-state index contributed by atoms with van der Waals surface area (Å²) in [7, 11) is 0. The van der Waals surface area contributed by atoms with Gasteiger partial charge in [-0.15, -0.1) is 0 Å². The highest BCUT2D eigenvalue weighted by molar-refractivity contribution is 6.16. The molecule has 1 saturated heterocycles. The van der Waals surface area contributed by atoms with E-state index >= 15 is 0 Å². The van der Waals surface area contributed by atoms with Crippen molar-refractivity contribution in [3.05, 3.63) is 51.6 Å². The number of hydrogen-bond donors (Lipinski definition) is 1. The van der Waals surface area contributed by atoms with Crippen LogP contribution in [0.2, 0.25) is 0 Å². The number of rotatable bonds is 2. The SMILES string of the molecule is O=C1CC(=C(c2ccccc2)[N+](=O)[O-])C(=O)N1.